The largest absolute Gasteiger partial charge is 0.345 e. The maximum atomic E-state index is 12.8. The van der Waals surface area contributed by atoms with Crippen LogP contribution in [0.25, 0.3) is 11.0 Å². The number of carbonyl (C=O) groups excluding carboxylic acids is 1. The van der Waals surface area contributed by atoms with E-state index in [0.717, 1.165) is 11.6 Å². The molecule has 0 radical (unpaired) electrons. The minimum Gasteiger partial charge on any atom is -0.345 e. The normalized spacial score (nSPS) is 12.6. The molecule has 3 aromatic rings. The van der Waals surface area contributed by atoms with Crippen LogP contribution < -0.4 is 0 Å². The minimum absolute atomic E-state index is 0.0475. The lowest BCUT2D eigenvalue weighted by atomic mass is 10.00. The Bertz CT molecular complexity index is 1090. The molecule has 0 saturated heterocycles. The van der Waals surface area contributed by atoms with Gasteiger partial charge < -0.3 is 4.98 Å². The van der Waals surface area contributed by atoms with Crippen molar-refractivity contribution in [1.82, 2.24) is 9.97 Å². The quantitative estimate of drug-likeness (QED) is 0.709. The van der Waals surface area contributed by atoms with Crippen LogP contribution in [0.2, 0.25) is 0 Å². The van der Waals surface area contributed by atoms with E-state index in [9.17, 15) is 13.2 Å². The van der Waals surface area contributed by atoms with Gasteiger partial charge in [-0.05, 0) is 23.8 Å². The van der Waals surface area contributed by atoms with E-state index in [1.807, 2.05) is 6.07 Å². The summed E-state index contributed by atoms with van der Waals surface area (Å²) in [6.45, 7) is 0. The molecular weight excluding hydrogens is 338 g/mol. The molecule has 1 aromatic carbocycles. The molecule has 3 rings (SSSR count). The third-order valence-electron chi connectivity index (χ3n) is 3.97. The van der Waals surface area contributed by atoms with E-state index in [1.54, 1.807) is 48.8 Å². The van der Waals surface area contributed by atoms with Gasteiger partial charge in [0.05, 0.1) is 6.07 Å². The number of fused-ring (bicyclic) bond motifs is 1. The van der Waals surface area contributed by atoms with Gasteiger partial charge in [0.2, 0.25) is 0 Å². The van der Waals surface area contributed by atoms with E-state index in [2.05, 4.69) is 9.97 Å². The summed E-state index contributed by atoms with van der Waals surface area (Å²) in [4.78, 5) is 19.9. The molecule has 0 aliphatic rings. The molecule has 1 N–H and O–H groups in total. The zero-order chi connectivity index (χ0) is 18.0. The Kier molecular flexibility index (Phi) is 4.38. The summed E-state index contributed by atoms with van der Waals surface area (Å²) in [6.07, 6.45) is 4.34. The number of hydrogen-bond acceptors (Lipinski definition) is 5. The second kappa shape index (κ2) is 6.49. The predicted molar refractivity (Wildman–Crippen MR) is 93.9 cm³/mol. The molecule has 0 saturated carbocycles. The van der Waals surface area contributed by atoms with Crippen molar-refractivity contribution in [3.63, 3.8) is 0 Å². The number of carbonyl (C=O) groups is 1. The van der Waals surface area contributed by atoms with Gasteiger partial charge in [0, 0.05) is 41.6 Å². The van der Waals surface area contributed by atoms with Crippen molar-refractivity contribution in [3.05, 3.63) is 65.5 Å². The number of benzene rings is 1. The van der Waals surface area contributed by atoms with Crippen LogP contribution in [0.5, 0.6) is 0 Å². The van der Waals surface area contributed by atoms with Crippen LogP contribution in [0, 0.1) is 11.3 Å². The van der Waals surface area contributed by atoms with Gasteiger partial charge in [-0.1, -0.05) is 18.2 Å². The summed E-state index contributed by atoms with van der Waals surface area (Å²) >= 11 is 0. The van der Waals surface area contributed by atoms with Gasteiger partial charge in [0.25, 0.3) is 0 Å². The average Bonchev–Trinajstić information content (AvgIpc) is 3.02. The number of rotatable bonds is 5. The van der Waals surface area contributed by atoms with Gasteiger partial charge >= 0.3 is 0 Å². The minimum atomic E-state index is -3.48. The molecule has 7 heteroatoms. The van der Waals surface area contributed by atoms with E-state index in [-0.39, 0.29) is 12.2 Å². The van der Waals surface area contributed by atoms with Gasteiger partial charge in [-0.25, -0.2) is 13.4 Å². The highest BCUT2D eigenvalue weighted by molar-refractivity contribution is 7.91. The fourth-order valence-corrected chi connectivity index (χ4v) is 3.33. The van der Waals surface area contributed by atoms with E-state index >= 15 is 0 Å². The van der Waals surface area contributed by atoms with E-state index in [4.69, 9.17) is 5.26 Å². The number of hydrogen-bond donors (Lipinski definition) is 1. The smallest absolute Gasteiger partial charge is 0.195 e. The maximum Gasteiger partial charge on any atom is 0.195 e. The highest BCUT2D eigenvalue weighted by Gasteiger charge is 2.21. The van der Waals surface area contributed by atoms with Gasteiger partial charge in [0.15, 0.2) is 20.9 Å². The molecule has 1 atom stereocenters. The van der Waals surface area contributed by atoms with Crippen molar-refractivity contribution in [2.45, 2.75) is 11.7 Å². The Morgan fingerprint density at radius 3 is 2.84 bits per heavy atom. The molecule has 25 heavy (non-hydrogen) atoms. The summed E-state index contributed by atoms with van der Waals surface area (Å²) in [5.74, 6) is -0.186. The Morgan fingerprint density at radius 1 is 1.32 bits per heavy atom. The number of nitrogens with one attached hydrogen (secondary N) is 1. The van der Waals surface area contributed by atoms with Crippen LogP contribution >= 0.6 is 0 Å². The number of nitriles is 1. The number of nitrogens with zero attached hydrogens (tertiary/aromatic N) is 2. The molecule has 0 bridgehead atoms. The standard InChI is InChI=1S/C18H15N3O3S/c1-25(23,24)14(10-19)9-12-4-2-5-13(8-12)17(22)16-11-21-18-15(16)6-3-7-20-18/h2-8,11,14H,9H2,1H3,(H,20,21). The molecule has 2 heterocycles. The Morgan fingerprint density at radius 2 is 2.12 bits per heavy atom. The summed E-state index contributed by atoms with van der Waals surface area (Å²) in [5.41, 5.74) is 2.19. The number of aromatic amines is 1. The van der Waals surface area contributed by atoms with Crippen LogP contribution in [0.1, 0.15) is 21.5 Å². The highest BCUT2D eigenvalue weighted by atomic mass is 32.2. The van der Waals surface area contributed by atoms with Crippen molar-refractivity contribution in [3.8, 4) is 6.07 Å². The maximum absolute atomic E-state index is 12.8. The number of aromatic nitrogens is 2. The van der Waals surface area contributed by atoms with Crippen LogP contribution in [0.4, 0.5) is 0 Å². The van der Waals surface area contributed by atoms with Crippen molar-refractivity contribution in [2.24, 2.45) is 0 Å². The topological polar surface area (TPSA) is 104 Å². The zero-order valence-corrected chi connectivity index (χ0v) is 14.2. The lowest BCUT2D eigenvalue weighted by Crippen LogP contribution is -2.20. The first-order valence-electron chi connectivity index (χ1n) is 7.54. The summed E-state index contributed by atoms with van der Waals surface area (Å²) in [6, 6.07) is 12.1. The van der Waals surface area contributed by atoms with Crippen LogP contribution in [-0.2, 0) is 16.3 Å². The third kappa shape index (κ3) is 3.44. The first-order valence-corrected chi connectivity index (χ1v) is 9.50. The second-order valence-electron chi connectivity index (χ2n) is 5.78. The molecule has 126 valence electrons. The van der Waals surface area contributed by atoms with E-state index < -0.39 is 15.1 Å². The van der Waals surface area contributed by atoms with Crippen molar-refractivity contribution >= 4 is 26.7 Å². The van der Waals surface area contributed by atoms with E-state index in [1.165, 1.54) is 0 Å². The molecule has 0 spiro atoms. The Hall–Kier alpha value is -2.98. The molecule has 1 unspecified atom stereocenters. The van der Waals surface area contributed by atoms with Gasteiger partial charge in [-0.2, -0.15) is 5.26 Å². The number of pyridine rings is 1. The lowest BCUT2D eigenvalue weighted by Gasteiger charge is -2.08. The summed E-state index contributed by atoms with van der Waals surface area (Å²) < 4.78 is 23.2. The summed E-state index contributed by atoms with van der Waals surface area (Å²) in [5, 5.41) is 8.66. The monoisotopic (exact) mass is 353 g/mol. The third-order valence-corrected chi connectivity index (χ3v) is 5.27. The fraction of sp³-hybridized carbons (Fsp3) is 0.167. The molecule has 0 aliphatic carbocycles. The molecule has 6 nitrogen and oxygen atoms in total. The van der Waals surface area contributed by atoms with Crippen molar-refractivity contribution in [1.29, 1.82) is 5.26 Å². The zero-order valence-electron chi connectivity index (χ0n) is 13.4. The van der Waals surface area contributed by atoms with Crippen molar-refractivity contribution in [2.75, 3.05) is 6.26 Å². The SMILES string of the molecule is CS(=O)(=O)C(C#N)Cc1cccc(C(=O)c2c[nH]c3ncccc23)c1. The Balaban J connectivity index is 1.94. The van der Waals surface area contributed by atoms with Crippen LogP contribution in [0.15, 0.2) is 48.8 Å². The fourth-order valence-electron chi connectivity index (χ4n) is 2.65. The highest BCUT2D eigenvalue weighted by Crippen LogP contribution is 2.20. The Labute approximate surface area is 145 Å². The summed E-state index contributed by atoms with van der Waals surface area (Å²) in [7, 11) is -3.48. The second-order valence-corrected chi connectivity index (χ2v) is 8.01. The van der Waals surface area contributed by atoms with Crippen LogP contribution in [0.3, 0.4) is 0 Å². The van der Waals surface area contributed by atoms with Gasteiger partial charge in [0.1, 0.15) is 5.65 Å². The van der Waals surface area contributed by atoms with Gasteiger partial charge in [-0.15, -0.1) is 0 Å². The predicted octanol–water partition coefficient (Wildman–Crippen LogP) is 2.27. The first-order chi connectivity index (χ1) is 11.9. The molecule has 0 fully saturated rings. The molecule has 2 aromatic heterocycles. The average molecular weight is 353 g/mol. The molecule has 0 aliphatic heterocycles. The molecular formula is C18H15N3O3S. The van der Waals surface area contributed by atoms with Gasteiger partial charge in [-0.3, -0.25) is 4.79 Å². The number of sulfone groups is 1. The first kappa shape index (κ1) is 16.9. The number of ketones is 1. The van der Waals surface area contributed by atoms with E-state index in [0.29, 0.717) is 22.3 Å². The lowest BCUT2D eigenvalue weighted by molar-refractivity contribution is 0.104. The van der Waals surface area contributed by atoms with Crippen LogP contribution in [-0.4, -0.2) is 35.7 Å². The van der Waals surface area contributed by atoms with Crippen molar-refractivity contribution < 1.29 is 13.2 Å². The molecule has 0 amide bonds. The number of H-pyrrole nitrogens is 1.